The van der Waals surface area contributed by atoms with Crippen LogP contribution in [0.25, 0.3) is 10.2 Å². The normalized spacial score (nSPS) is 12.1. The molecule has 0 unspecified atom stereocenters. The molecule has 0 atom stereocenters. The second-order valence-electron chi connectivity index (χ2n) is 4.60. The lowest BCUT2D eigenvalue weighted by Crippen LogP contribution is -2.00. The Balaban J connectivity index is 1.84. The Hall–Kier alpha value is -2.21. The van der Waals surface area contributed by atoms with Gasteiger partial charge in [0.1, 0.15) is 0 Å². The lowest BCUT2D eigenvalue weighted by atomic mass is 10.2. The van der Waals surface area contributed by atoms with E-state index >= 15 is 0 Å². The third kappa shape index (κ3) is 2.42. The molecule has 0 aliphatic rings. The molecular formula is C14H15N5S. The first kappa shape index (κ1) is 12.8. The summed E-state index contributed by atoms with van der Waals surface area (Å²) >= 11 is 1.59. The fourth-order valence-corrected chi connectivity index (χ4v) is 2.88. The fourth-order valence-electron chi connectivity index (χ4n) is 2.07. The average Bonchev–Trinajstić information content (AvgIpc) is 2.98. The Morgan fingerprint density at radius 3 is 2.85 bits per heavy atom. The topological polar surface area (TPSA) is 55.1 Å². The number of fused-ring (bicyclic) bond motifs is 1. The van der Waals surface area contributed by atoms with Gasteiger partial charge >= 0.3 is 0 Å². The molecule has 6 heteroatoms. The number of thiazole rings is 1. The van der Waals surface area contributed by atoms with Crippen molar-refractivity contribution < 1.29 is 0 Å². The van der Waals surface area contributed by atoms with Crippen molar-refractivity contribution in [3.63, 3.8) is 0 Å². The van der Waals surface area contributed by atoms with Gasteiger partial charge in [-0.05, 0) is 26.0 Å². The smallest absolute Gasteiger partial charge is 0.204 e. The number of nitrogens with zero attached hydrogens (tertiary/aromatic N) is 4. The number of aryl methyl sites for hydroxylation is 2. The lowest BCUT2D eigenvalue weighted by Gasteiger charge is -1.98. The van der Waals surface area contributed by atoms with Crippen LogP contribution in [0.3, 0.4) is 0 Å². The predicted octanol–water partition coefficient (Wildman–Crippen LogP) is 3.17. The van der Waals surface area contributed by atoms with Crippen molar-refractivity contribution in [2.75, 3.05) is 5.43 Å². The molecule has 5 nitrogen and oxygen atoms in total. The Labute approximate surface area is 121 Å². The summed E-state index contributed by atoms with van der Waals surface area (Å²) in [5, 5.41) is 9.51. The van der Waals surface area contributed by atoms with Gasteiger partial charge in [-0.1, -0.05) is 23.5 Å². The van der Waals surface area contributed by atoms with Crippen LogP contribution in [0.5, 0.6) is 0 Å². The molecule has 2 aromatic heterocycles. The minimum atomic E-state index is 0.798. The molecule has 0 radical (unpaired) electrons. The van der Waals surface area contributed by atoms with E-state index in [2.05, 4.69) is 26.7 Å². The molecule has 1 N–H and O–H groups in total. The third-order valence-electron chi connectivity index (χ3n) is 3.02. The molecule has 0 amide bonds. The summed E-state index contributed by atoms with van der Waals surface area (Å²) in [5.74, 6) is 0. The molecule has 0 aliphatic heterocycles. The number of hydrazone groups is 1. The maximum Gasteiger partial charge on any atom is 0.204 e. The lowest BCUT2D eigenvalue weighted by molar-refractivity contribution is 0.756. The van der Waals surface area contributed by atoms with Crippen molar-refractivity contribution in [3.8, 4) is 0 Å². The predicted molar refractivity (Wildman–Crippen MR) is 83.4 cm³/mol. The van der Waals surface area contributed by atoms with Crippen molar-refractivity contribution in [2.45, 2.75) is 13.8 Å². The number of hydrogen-bond donors (Lipinski definition) is 1. The van der Waals surface area contributed by atoms with Crippen LogP contribution in [-0.2, 0) is 7.05 Å². The maximum atomic E-state index is 4.49. The zero-order valence-corrected chi connectivity index (χ0v) is 12.4. The molecule has 0 bridgehead atoms. The van der Waals surface area contributed by atoms with Gasteiger partial charge in [-0.3, -0.25) is 10.1 Å². The van der Waals surface area contributed by atoms with Crippen molar-refractivity contribution in [2.24, 2.45) is 12.1 Å². The quantitative estimate of drug-likeness (QED) is 0.594. The van der Waals surface area contributed by atoms with Crippen LogP contribution in [-0.4, -0.2) is 20.5 Å². The number of anilines is 1. The largest absolute Gasteiger partial charge is 0.275 e. The van der Waals surface area contributed by atoms with Crippen LogP contribution in [0, 0.1) is 6.92 Å². The number of aromatic nitrogens is 3. The van der Waals surface area contributed by atoms with E-state index in [0.29, 0.717) is 0 Å². The Morgan fingerprint density at radius 1 is 1.35 bits per heavy atom. The number of hydrogen-bond acceptors (Lipinski definition) is 5. The van der Waals surface area contributed by atoms with E-state index < -0.39 is 0 Å². The second kappa shape index (κ2) is 5.05. The van der Waals surface area contributed by atoms with E-state index in [1.807, 2.05) is 45.3 Å². The highest BCUT2D eigenvalue weighted by atomic mass is 32.1. The van der Waals surface area contributed by atoms with Crippen LogP contribution in [0.1, 0.15) is 18.2 Å². The number of nitrogens with one attached hydrogen (secondary N) is 1. The van der Waals surface area contributed by atoms with Crippen molar-refractivity contribution >= 4 is 32.4 Å². The van der Waals surface area contributed by atoms with E-state index in [1.165, 1.54) is 0 Å². The van der Waals surface area contributed by atoms with Gasteiger partial charge in [0.05, 0.1) is 21.6 Å². The van der Waals surface area contributed by atoms with Crippen molar-refractivity contribution in [3.05, 3.63) is 41.7 Å². The van der Waals surface area contributed by atoms with Crippen LogP contribution in [0.15, 0.2) is 35.6 Å². The molecule has 0 spiro atoms. The minimum absolute atomic E-state index is 0.798. The van der Waals surface area contributed by atoms with E-state index in [1.54, 1.807) is 16.0 Å². The molecule has 102 valence electrons. The van der Waals surface area contributed by atoms with Crippen LogP contribution in [0.4, 0.5) is 5.13 Å². The fraction of sp³-hybridized carbons (Fsp3) is 0.214. The van der Waals surface area contributed by atoms with Gasteiger partial charge < -0.3 is 0 Å². The molecule has 0 fully saturated rings. The van der Waals surface area contributed by atoms with Gasteiger partial charge in [0.15, 0.2) is 0 Å². The van der Waals surface area contributed by atoms with Gasteiger partial charge in [0, 0.05) is 18.8 Å². The van der Waals surface area contributed by atoms with Gasteiger partial charge in [-0.15, -0.1) is 0 Å². The summed E-state index contributed by atoms with van der Waals surface area (Å²) in [5.41, 5.74) is 6.93. The summed E-state index contributed by atoms with van der Waals surface area (Å²) in [6.07, 6.45) is 1.97. The Kier molecular flexibility index (Phi) is 3.23. The SMILES string of the molecule is CC(=NNc1nc2ccccc2s1)c1cn(C)nc1C. The van der Waals surface area contributed by atoms with Gasteiger partial charge in [-0.25, -0.2) is 4.98 Å². The summed E-state index contributed by atoms with van der Waals surface area (Å²) in [6.45, 7) is 3.94. The second-order valence-corrected chi connectivity index (χ2v) is 5.63. The molecule has 0 saturated carbocycles. The van der Waals surface area contributed by atoms with Crippen LogP contribution < -0.4 is 5.43 Å². The highest BCUT2D eigenvalue weighted by molar-refractivity contribution is 7.22. The van der Waals surface area contributed by atoms with Crippen molar-refractivity contribution in [1.29, 1.82) is 0 Å². The van der Waals surface area contributed by atoms with Gasteiger partial charge in [0.2, 0.25) is 5.13 Å². The maximum absolute atomic E-state index is 4.49. The minimum Gasteiger partial charge on any atom is -0.275 e. The highest BCUT2D eigenvalue weighted by Gasteiger charge is 2.07. The number of para-hydroxylation sites is 1. The van der Waals surface area contributed by atoms with Crippen LogP contribution in [0.2, 0.25) is 0 Å². The molecular weight excluding hydrogens is 270 g/mol. The first-order valence-electron chi connectivity index (χ1n) is 6.30. The molecule has 1 aromatic carbocycles. The van der Waals surface area contributed by atoms with E-state index in [4.69, 9.17) is 0 Å². The molecule has 3 aromatic rings. The monoisotopic (exact) mass is 285 g/mol. The Bertz CT molecular complexity index is 751. The summed E-state index contributed by atoms with van der Waals surface area (Å²) in [6, 6.07) is 8.05. The standard InChI is InChI=1S/C14H15N5S/c1-9(11-8-19(3)18-10(11)2)16-17-14-15-12-6-4-5-7-13(12)20-14/h4-8H,1-3H3,(H,15,17). The summed E-state index contributed by atoms with van der Waals surface area (Å²) in [7, 11) is 1.91. The van der Waals surface area contributed by atoms with Gasteiger partial charge in [0.25, 0.3) is 0 Å². The molecule has 3 rings (SSSR count). The van der Waals surface area contributed by atoms with Gasteiger partial charge in [-0.2, -0.15) is 10.2 Å². The first-order chi connectivity index (χ1) is 9.63. The third-order valence-corrected chi connectivity index (χ3v) is 3.96. The zero-order valence-electron chi connectivity index (χ0n) is 11.6. The van der Waals surface area contributed by atoms with E-state index in [-0.39, 0.29) is 0 Å². The molecule has 0 saturated heterocycles. The zero-order chi connectivity index (χ0) is 14.1. The average molecular weight is 285 g/mol. The molecule has 20 heavy (non-hydrogen) atoms. The van der Waals surface area contributed by atoms with Crippen molar-refractivity contribution in [1.82, 2.24) is 14.8 Å². The number of benzene rings is 1. The highest BCUT2D eigenvalue weighted by Crippen LogP contribution is 2.25. The van der Waals surface area contributed by atoms with E-state index in [9.17, 15) is 0 Å². The Morgan fingerprint density at radius 2 is 2.15 bits per heavy atom. The molecule has 2 heterocycles. The summed E-state index contributed by atoms with van der Waals surface area (Å²) < 4.78 is 2.95. The molecule has 0 aliphatic carbocycles. The first-order valence-corrected chi connectivity index (χ1v) is 7.11. The summed E-state index contributed by atoms with van der Waals surface area (Å²) in [4.78, 5) is 4.49. The van der Waals surface area contributed by atoms with E-state index in [0.717, 1.165) is 32.3 Å². The number of rotatable bonds is 3. The van der Waals surface area contributed by atoms with Crippen LogP contribution >= 0.6 is 11.3 Å².